The molecule has 0 fully saturated rings. The SMILES string of the molecule is CCc1cccc2cc3c(nc12)-c1cc2c(c(=O)n1C3)C(O)OC(=O)[C@]2(O)CC. The number of esters is 1. The maximum Gasteiger partial charge on any atom is 0.345 e. The summed E-state index contributed by atoms with van der Waals surface area (Å²) in [6.07, 6.45) is -0.850. The molecule has 7 heteroatoms. The molecule has 2 aromatic heterocycles. The molecule has 0 radical (unpaired) electrons. The van der Waals surface area contributed by atoms with E-state index < -0.39 is 23.4 Å². The van der Waals surface area contributed by atoms with Gasteiger partial charge in [0.1, 0.15) is 0 Å². The molecule has 5 rings (SSSR count). The number of nitrogens with zero attached hydrogens (tertiary/aromatic N) is 2. The number of carbonyl (C=O) groups is 1. The second kappa shape index (κ2) is 5.98. The van der Waals surface area contributed by atoms with E-state index in [9.17, 15) is 19.8 Å². The highest BCUT2D eigenvalue weighted by atomic mass is 16.6. The van der Waals surface area contributed by atoms with Gasteiger partial charge < -0.3 is 19.5 Å². The largest absolute Gasteiger partial charge is 0.429 e. The normalized spacial score (nSPS) is 22.2. The quantitative estimate of drug-likeness (QED) is 0.507. The first-order valence-electron chi connectivity index (χ1n) is 9.70. The van der Waals surface area contributed by atoms with Gasteiger partial charge in [0.25, 0.3) is 5.56 Å². The van der Waals surface area contributed by atoms with Gasteiger partial charge >= 0.3 is 5.97 Å². The molecule has 0 spiro atoms. The van der Waals surface area contributed by atoms with Crippen LogP contribution < -0.4 is 5.56 Å². The fourth-order valence-electron chi connectivity index (χ4n) is 4.40. The molecule has 0 saturated heterocycles. The molecule has 4 heterocycles. The summed E-state index contributed by atoms with van der Waals surface area (Å²) in [4.78, 5) is 30.3. The van der Waals surface area contributed by atoms with Gasteiger partial charge in [0.2, 0.25) is 6.29 Å². The molecule has 148 valence electrons. The number of pyridine rings is 2. The maximum absolute atomic E-state index is 13.2. The third-order valence-electron chi connectivity index (χ3n) is 6.06. The average Bonchev–Trinajstić information content (AvgIpc) is 3.07. The van der Waals surface area contributed by atoms with Crippen molar-refractivity contribution in [3.05, 3.63) is 62.9 Å². The van der Waals surface area contributed by atoms with E-state index in [1.54, 1.807) is 13.0 Å². The molecule has 0 amide bonds. The minimum atomic E-state index is -1.97. The molecular weight excluding hydrogens is 372 g/mol. The molecule has 2 N–H and O–H groups in total. The molecule has 2 aliphatic heterocycles. The van der Waals surface area contributed by atoms with Crippen LogP contribution in [0.3, 0.4) is 0 Å². The van der Waals surface area contributed by atoms with Crippen molar-refractivity contribution in [2.45, 2.75) is 45.1 Å². The lowest BCUT2D eigenvalue weighted by Crippen LogP contribution is -2.46. The van der Waals surface area contributed by atoms with Crippen molar-refractivity contribution in [2.75, 3.05) is 0 Å². The van der Waals surface area contributed by atoms with E-state index in [0.717, 1.165) is 28.5 Å². The fourth-order valence-corrected chi connectivity index (χ4v) is 4.40. The fraction of sp³-hybridized carbons (Fsp3) is 0.318. The summed E-state index contributed by atoms with van der Waals surface area (Å²) in [7, 11) is 0. The number of ether oxygens (including phenoxy) is 1. The summed E-state index contributed by atoms with van der Waals surface area (Å²) >= 11 is 0. The first kappa shape index (κ1) is 18.0. The number of aromatic nitrogens is 2. The van der Waals surface area contributed by atoms with Crippen LogP contribution in [-0.4, -0.2) is 25.7 Å². The second-order valence-electron chi connectivity index (χ2n) is 7.56. The summed E-state index contributed by atoms with van der Waals surface area (Å²) in [5.41, 5.74) is 1.59. The number of benzene rings is 1. The number of aliphatic hydroxyl groups excluding tert-OH is 1. The number of hydrogen-bond acceptors (Lipinski definition) is 6. The van der Waals surface area contributed by atoms with Crippen molar-refractivity contribution < 1.29 is 19.7 Å². The number of aryl methyl sites for hydroxylation is 1. The monoisotopic (exact) mass is 392 g/mol. The van der Waals surface area contributed by atoms with Gasteiger partial charge in [0, 0.05) is 16.5 Å². The van der Waals surface area contributed by atoms with Crippen molar-refractivity contribution in [2.24, 2.45) is 0 Å². The Kier molecular flexibility index (Phi) is 3.72. The van der Waals surface area contributed by atoms with Gasteiger partial charge in [-0.2, -0.15) is 0 Å². The number of carbonyl (C=O) groups excluding carboxylic acids is 1. The molecule has 0 aliphatic carbocycles. The number of cyclic esters (lactones) is 1. The van der Waals surface area contributed by atoms with Crippen LogP contribution in [0.25, 0.3) is 22.3 Å². The van der Waals surface area contributed by atoms with Gasteiger partial charge in [-0.25, -0.2) is 9.78 Å². The topological polar surface area (TPSA) is 102 Å². The molecule has 7 nitrogen and oxygen atoms in total. The Bertz CT molecular complexity index is 1260. The average molecular weight is 392 g/mol. The van der Waals surface area contributed by atoms with Crippen LogP contribution >= 0.6 is 0 Å². The lowest BCUT2D eigenvalue weighted by atomic mass is 9.85. The van der Waals surface area contributed by atoms with E-state index >= 15 is 0 Å². The zero-order valence-electron chi connectivity index (χ0n) is 16.1. The van der Waals surface area contributed by atoms with E-state index in [2.05, 4.69) is 6.92 Å². The summed E-state index contributed by atoms with van der Waals surface area (Å²) in [5, 5.41) is 22.1. The summed E-state index contributed by atoms with van der Waals surface area (Å²) in [6.45, 7) is 4.00. The van der Waals surface area contributed by atoms with Crippen molar-refractivity contribution in [3.63, 3.8) is 0 Å². The molecule has 0 bridgehead atoms. The van der Waals surface area contributed by atoms with E-state index in [4.69, 9.17) is 9.72 Å². The molecule has 1 aromatic carbocycles. The lowest BCUT2D eigenvalue weighted by molar-refractivity contribution is -0.199. The van der Waals surface area contributed by atoms with E-state index in [-0.39, 0.29) is 17.5 Å². The van der Waals surface area contributed by atoms with Gasteiger partial charge in [0.15, 0.2) is 5.60 Å². The van der Waals surface area contributed by atoms with E-state index in [0.29, 0.717) is 17.9 Å². The van der Waals surface area contributed by atoms with Crippen LogP contribution in [0.1, 0.15) is 48.8 Å². The molecule has 0 saturated carbocycles. The van der Waals surface area contributed by atoms with Crippen LogP contribution in [0.4, 0.5) is 0 Å². The standard InChI is InChI=1S/C22H20N2O5/c1-3-11-6-5-7-12-8-13-10-24-15(18(13)23-17(11)12)9-14-16(19(24)25)20(26)29-21(27)22(14,28)4-2/h5-9,20,26,28H,3-4,10H2,1-2H3/t20?,22-/m0/s1. The summed E-state index contributed by atoms with van der Waals surface area (Å²) in [5.74, 6) is -0.956. The Morgan fingerprint density at radius 1 is 1.28 bits per heavy atom. The highest BCUT2D eigenvalue weighted by molar-refractivity contribution is 5.88. The van der Waals surface area contributed by atoms with Crippen molar-refractivity contribution >= 4 is 16.9 Å². The second-order valence-corrected chi connectivity index (χ2v) is 7.56. The first-order valence-corrected chi connectivity index (χ1v) is 9.70. The summed E-state index contributed by atoms with van der Waals surface area (Å²) < 4.78 is 6.38. The van der Waals surface area contributed by atoms with Crippen LogP contribution in [0, 0.1) is 0 Å². The van der Waals surface area contributed by atoms with Crippen molar-refractivity contribution in [1.82, 2.24) is 9.55 Å². The highest BCUT2D eigenvalue weighted by Gasteiger charge is 2.48. The van der Waals surface area contributed by atoms with Crippen LogP contribution in [0.2, 0.25) is 0 Å². The Labute approximate surface area is 166 Å². The van der Waals surface area contributed by atoms with Gasteiger partial charge in [-0.1, -0.05) is 32.0 Å². The Morgan fingerprint density at radius 2 is 2.07 bits per heavy atom. The van der Waals surface area contributed by atoms with Gasteiger partial charge in [0.05, 0.1) is 29.0 Å². The molecule has 3 aromatic rings. The molecule has 2 atom stereocenters. The Balaban J connectivity index is 1.82. The zero-order chi connectivity index (χ0) is 20.5. The van der Waals surface area contributed by atoms with Crippen molar-refractivity contribution in [1.29, 1.82) is 0 Å². The molecular formula is C22H20N2O5. The van der Waals surface area contributed by atoms with E-state index in [1.807, 2.05) is 24.3 Å². The van der Waals surface area contributed by atoms with Crippen molar-refractivity contribution in [3.8, 4) is 11.4 Å². The van der Waals surface area contributed by atoms with Crippen LogP contribution in [-0.2, 0) is 28.1 Å². The minimum absolute atomic E-state index is 0.0203. The molecule has 2 aliphatic rings. The zero-order valence-corrected chi connectivity index (χ0v) is 16.1. The van der Waals surface area contributed by atoms with Gasteiger partial charge in [-0.15, -0.1) is 0 Å². The smallest absolute Gasteiger partial charge is 0.345 e. The third kappa shape index (κ3) is 2.28. The van der Waals surface area contributed by atoms with Crippen LogP contribution in [0.5, 0.6) is 0 Å². The Morgan fingerprint density at radius 3 is 2.79 bits per heavy atom. The predicted octanol–water partition coefficient (Wildman–Crippen LogP) is 2.13. The number of aliphatic hydroxyl groups is 2. The minimum Gasteiger partial charge on any atom is -0.429 e. The number of hydrogen-bond donors (Lipinski definition) is 2. The lowest BCUT2D eigenvalue weighted by Gasteiger charge is -2.34. The van der Waals surface area contributed by atoms with Gasteiger partial charge in [-0.3, -0.25) is 4.79 Å². The predicted molar refractivity (Wildman–Crippen MR) is 105 cm³/mol. The first-order chi connectivity index (χ1) is 13.9. The van der Waals surface area contributed by atoms with E-state index in [1.165, 1.54) is 4.57 Å². The summed E-state index contributed by atoms with van der Waals surface area (Å²) in [6, 6.07) is 9.63. The number of rotatable bonds is 2. The third-order valence-corrected chi connectivity index (χ3v) is 6.06. The maximum atomic E-state index is 13.2. The molecule has 29 heavy (non-hydrogen) atoms. The van der Waals surface area contributed by atoms with Crippen LogP contribution in [0.15, 0.2) is 35.1 Å². The van der Waals surface area contributed by atoms with Gasteiger partial charge in [-0.05, 0) is 30.5 Å². The highest BCUT2D eigenvalue weighted by Crippen LogP contribution is 2.41. The number of fused-ring (bicyclic) bond motifs is 5. The molecule has 1 unspecified atom stereocenters. The Hall–Kier alpha value is -3.03. The number of para-hydroxylation sites is 1.